The molecule has 2 heteroatoms. The maximum atomic E-state index is 9.05. The summed E-state index contributed by atoms with van der Waals surface area (Å²) in [5.41, 5.74) is 6.42. The molecule has 2 nitrogen and oxygen atoms in total. The lowest BCUT2D eigenvalue weighted by molar-refractivity contribution is -0.681. The van der Waals surface area contributed by atoms with Gasteiger partial charge in [-0.1, -0.05) is 61.7 Å². The molecule has 0 atom stereocenters. The van der Waals surface area contributed by atoms with E-state index >= 15 is 0 Å². The van der Waals surface area contributed by atoms with Crippen molar-refractivity contribution in [3.05, 3.63) is 71.2 Å². The predicted molar refractivity (Wildman–Crippen MR) is 106 cm³/mol. The number of rotatable bonds is 2. The van der Waals surface area contributed by atoms with Gasteiger partial charge in [-0.2, -0.15) is 4.57 Å². The van der Waals surface area contributed by atoms with Crippen molar-refractivity contribution < 1.29 is 7.31 Å². The third-order valence-electron chi connectivity index (χ3n) is 6.10. The number of hydrogen-bond acceptors (Lipinski definition) is 0. The van der Waals surface area contributed by atoms with Crippen LogP contribution in [0.1, 0.15) is 63.4 Å². The largest absolute Gasteiger partial charge is 0.265 e. The van der Waals surface area contributed by atoms with Crippen molar-refractivity contribution in [2.24, 2.45) is 0 Å². The zero-order chi connectivity index (χ0) is 19.5. The van der Waals surface area contributed by atoms with E-state index in [0.29, 0.717) is 5.92 Å². The normalized spacial score (nSPS) is 19.6. The van der Waals surface area contributed by atoms with Gasteiger partial charge < -0.3 is 0 Å². The first-order valence-electron chi connectivity index (χ1n) is 10.9. The molecule has 5 rings (SSSR count). The SMILES string of the molecule is [2H]C1([2H])c2ccccc2-c2c(C)n(-c3ccccc3C)c(C3CCCCC3)[n+]21. The van der Waals surface area contributed by atoms with E-state index in [9.17, 15) is 0 Å². The first kappa shape index (κ1) is 13.8. The summed E-state index contributed by atoms with van der Waals surface area (Å²) in [5, 5.41) is 0. The summed E-state index contributed by atoms with van der Waals surface area (Å²) in [5.74, 6) is 1.54. The first-order chi connectivity index (χ1) is 13.5. The Morgan fingerprint density at radius 3 is 2.50 bits per heavy atom. The second-order valence-electron chi connectivity index (χ2n) is 7.74. The van der Waals surface area contributed by atoms with E-state index in [1.165, 1.54) is 30.5 Å². The summed E-state index contributed by atoms with van der Waals surface area (Å²) in [7, 11) is 0. The van der Waals surface area contributed by atoms with E-state index in [-0.39, 0.29) is 0 Å². The molecule has 132 valence electrons. The van der Waals surface area contributed by atoms with Crippen molar-refractivity contribution in [1.29, 1.82) is 0 Å². The topological polar surface area (TPSA) is 8.81 Å². The second-order valence-corrected chi connectivity index (χ2v) is 7.74. The first-order valence-corrected chi connectivity index (χ1v) is 9.85. The van der Waals surface area contributed by atoms with Gasteiger partial charge >= 0.3 is 0 Å². The molecule has 0 saturated heterocycles. The number of aromatic nitrogens is 2. The Morgan fingerprint density at radius 1 is 0.962 bits per heavy atom. The number of fused-ring (bicyclic) bond motifs is 3. The quantitative estimate of drug-likeness (QED) is 0.546. The second kappa shape index (κ2) is 6.12. The molecule has 0 bridgehead atoms. The molecular weight excluding hydrogens is 316 g/mol. The highest BCUT2D eigenvalue weighted by atomic mass is 15.2. The van der Waals surface area contributed by atoms with Crippen LogP contribution in [0.2, 0.25) is 0 Å². The van der Waals surface area contributed by atoms with Crippen molar-refractivity contribution in [2.45, 2.75) is 58.4 Å². The molecule has 1 fully saturated rings. The summed E-state index contributed by atoms with van der Waals surface area (Å²) in [4.78, 5) is 0. The number of nitrogens with zero attached hydrogens (tertiary/aromatic N) is 2. The smallest absolute Gasteiger partial charge is 0.222 e. The maximum absolute atomic E-state index is 9.05. The van der Waals surface area contributed by atoms with Crippen LogP contribution in [-0.4, -0.2) is 4.57 Å². The molecule has 0 spiro atoms. The van der Waals surface area contributed by atoms with Crippen molar-refractivity contribution in [2.75, 3.05) is 0 Å². The Kier molecular flexibility index (Phi) is 3.25. The number of imidazole rings is 1. The van der Waals surface area contributed by atoms with Crippen molar-refractivity contribution in [3.8, 4) is 16.9 Å². The molecule has 0 amide bonds. The molecule has 0 N–H and O–H groups in total. The highest BCUT2D eigenvalue weighted by molar-refractivity contribution is 5.66. The average Bonchev–Trinajstić information content (AvgIpc) is 3.14. The van der Waals surface area contributed by atoms with Gasteiger partial charge in [0.15, 0.2) is 11.4 Å². The summed E-state index contributed by atoms with van der Waals surface area (Å²) in [6.07, 6.45) is 6.03. The summed E-state index contributed by atoms with van der Waals surface area (Å²) in [6.45, 7) is 2.79. The van der Waals surface area contributed by atoms with Crippen LogP contribution in [0.4, 0.5) is 0 Å². The van der Waals surface area contributed by atoms with Crippen LogP contribution in [-0.2, 0) is 6.50 Å². The lowest BCUT2D eigenvalue weighted by atomic mass is 9.88. The average molecular weight is 346 g/mol. The predicted octanol–water partition coefficient (Wildman–Crippen LogP) is 5.46. The Bertz CT molecular complexity index is 1060. The fraction of sp³-hybridized carbons (Fsp3) is 0.375. The molecule has 2 heterocycles. The van der Waals surface area contributed by atoms with Crippen molar-refractivity contribution in [1.82, 2.24) is 4.57 Å². The van der Waals surface area contributed by atoms with Crippen molar-refractivity contribution in [3.63, 3.8) is 0 Å². The van der Waals surface area contributed by atoms with Gasteiger partial charge in [0, 0.05) is 18.1 Å². The highest BCUT2D eigenvalue weighted by Gasteiger charge is 2.39. The number of aryl methyl sites for hydroxylation is 1. The van der Waals surface area contributed by atoms with Gasteiger partial charge in [-0.05, 0) is 31.4 Å². The van der Waals surface area contributed by atoms with Gasteiger partial charge in [0.05, 0.1) is 8.66 Å². The van der Waals surface area contributed by atoms with Crippen LogP contribution in [0.15, 0.2) is 48.5 Å². The molecule has 1 aliphatic carbocycles. The van der Waals surface area contributed by atoms with Gasteiger partial charge in [-0.25, -0.2) is 4.57 Å². The minimum atomic E-state index is -1.52. The van der Waals surface area contributed by atoms with Crippen molar-refractivity contribution >= 4 is 0 Å². The van der Waals surface area contributed by atoms with Gasteiger partial charge in [0.2, 0.25) is 0 Å². The fourth-order valence-corrected chi connectivity index (χ4v) is 4.83. The third-order valence-corrected chi connectivity index (χ3v) is 6.10. The van der Waals surface area contributed by atoms with Gasteiger partial charge in [0.1, 0.15) is 12.2 Å². The Hall–Kier alpha value is -2.35. The number of para-hydroxylation sites is 1. The van der Waals surface area contributed by atoms with E-state index in [1.54, 1.807) is 0 Å². The van der Waals surface area contributed by atoms with E-state index in [1.807, 2.05) is 22.8 Å². The standard InChI is InChI=1S/C24H27N2/c1-17-10-6-9-15-22(17)26-18(2)23-21-14-8-7-13-20(21)16-25(23)24(26)19-11-4-3-5-12-19/h6-10,13-15,19H,3-5,11-12,16H2,1-2H3/q+1/i16D2. The molecule has 2 aromatic carbocycles. The van der Waals surface area contributed by atoms with Gasteiger partial charge in [0.25, 0.3) is 5.82 Å². The Morgan fingerprint density at radius 2 is 1.69 bits per heavy atom. The lowest BCUT2D eigenvalue weighted by Crippen LogP contribution is -2.38. The van der Waals surface area contributed by atoms with E-state index in [4.69, 9.17) is 2.74 Å². The third kappa shape index (κ3) is 2.28. The van der Waals surface area contributed by atoms with Gasteiger partial charge in [-0.15, -0.1) is 0 Å². The number of benzene rings is 2. The summed E-state index contributed by atoms with van der Waals surface area (Å²) >= 11 is 0. The van der Waals surface area contributed by atoms with Crippen LogP contribution < -0.4 is 4.57 Å². The summed E-state index contributed by atoms with van der Waals surface area (Å²) in [6, 6.07) is 16.5. The molecule has 1 aromatic heterocycles. The molecule has 0 unspecified atom stereocenters. The zero-order valence-corrected chi connectivity index (χ0v) is 15.6. The van der Waals surface area contributed by atoms with Crippen LogP contribution in [0.3, 0.4) is 0 Å². The fourth-order valence-electron chi connectivity index (χ4n) is 4.83. The molecule has 1 saturated carbocycles. The molecule has 26 heavy (non-hydrogen) atoms. The minimum Gasteiger partial charge on any atom is -0.222 e. The zero-order valence-electron chi connectivity index (χ0n) is 17.6. The maximum Gasteiger partial charge on any atom is 0.265 e. The van der Waals surface area contributed by atoms with E-state index in [2.05, 4.69) is 48.7 Å². The molecular formula is C24H27N2+. The Labute approximate surface area is 158 Å². The molecule has 2 aliphatic rings. The number of hydrogen-bond donors (Lipinski definition) is 0. The van der Waals surface area contributed by atoms with Crippen LogP contribution in [0.25, 0.3) is 16.9 Å². The molecule has 1 aliphatic heterocycles. The monoisotopic (exact) mass is 345 g/mol. The van der Waals surface area contributed by atoms with E-state index in [0.717, 1.165) is 41.2 Å². The van der Waals surface area contributed by atoms with Crippen LogP contribution in [0.5, 0.6) is 0 Å². The molecule has 3 aromatic rings. The van der Waals surface area contributed by atoms with Crippen LogP contribution in [0, 0.1) is 13.8 Å². The van der Waals surface area contributed by atoms with Crippen LogP contribution >= 0.6 is 0 Å². The minimum absolute atomic E-state index is 0.394. The summed E-state index contributed by atoms with van der Waals surface area (Å²) < 4.78 is 22.5. The Balaban J connectivity index is 1.86. The molecule has 0 radical (unpaired) electrons. The van der Waals surface area contributed by atoms with Gasteiger partial charge in [-0.3, -0.25) is 0 Å². The lowest BCUT2D eigenvalue weighted by Gasteiger charge is -2.20. The highest BCUT2D eigenvalue weighted by Crippen LogP contribution is 2.39. The van der Waals surface area contributed by atoms with E-state index < -0.39 is 6.50 Å².